The van der Waals surface area contributed by atoms with Crippen LogP contribution in [0.2, 0.25) is 0 Å². The van der Waals surface area contributed by atoms with E-state index in [0.717, 1.165) is 50.1 Å². The standard InChI is InChI=1S/C24H27N5/c1-2-9-26-23(6-1)28-24-16-21(19-7-8-19)15-22(27-24)20-5-3-4-18(14-20)17-29-12-10-25-11-13-29/h1-6,9,14-16,19,25H,7-8,10-13,17H2,(H,26,27,28). The van der Waals surface area contributed by atoms with E-state index in [1.54, 1.807) is 6.20 Å². The first kappa shape index (κ1) is 18.3. The van der Waals surface area contributed by atoms with Crippen LogP contribution in [0.4, 0.5) is 11.6 Å². The second kappa shape index (κ2) is 8.31. The molecule has 5 nitrogen and oxygen atoms in total. The monoisotopic (exact) mass is 385 g/mol. The predicted molar refractivity (Wildman–Crippen MR) is 117 cm³/mol. The lowest BCUT2D eigenvalue weighted by molar-refractivity contribution is 0.233. The molecule has 0 bridgehead atoms. The number of anilines is 2. The second-order valence-corrected chi connectivity index (χ2v) is 8.01. The van der Waals surface area contributed by atoms with Gasteiger partial charge in [-0.15, -0.1) is 0 Å². The molecule has 2 fully saturated rings. The smallest absolute Gasteiger partial charge is 0.132 e. The van der Waals surface area contributed by atoms with Gasteiger partial charge < -0.3 is 10.6 Å². The quantitative estimate of drug-likeness (QED) is 0.667. The Labute approximate surface area is 172 Å². The highest BCUT2D eigenvalue weighted by atomic mass is 15.2. The summed E-state index contributed by atoms with van der Waals surface area (Å²) in [5.74, 6) is 2.37. The molecule has 2 N–H and O–H groups in total. The van der Waals surface area contributed by atoms with Gasteiger partial charge in [-0.25, -0.2) is 9.97 Å². The molecule has 0 unspecified atom stereocenters. The maximum absolute atomic E-state index is 4.92. The fourth-order valence-corrected chi connectivity index (χ4v) is 3.94. The van der Waals surface area contributed by atoms with Gasteiger partial charge in [0.25, 0.3) is 0 Å². The van der Waals surface area contributed by atoms with Gasteiger partial charge in [-0.05, 0) is 60.2 Å². The fourth-order valence-electron chi connectivity index (χ4n) is 3.94. The van der Waals surface area contributed by atoms with Crippen LogP contribution in [0, 0.1) is 0 Å². The highest BCUT2D eigenvalue weighted by Gasteiger charge is 2.25. The van der Waals surface area contributed by atoms with Crippen LogP contribution >= 0.6 is 0 Å². The third-order valence-electron chi connectivity index (χ3n) is 5.66. The van der Waals surface area contributed by atoms with Gasteiger partial charge in [-0.2, -0.15) is 0 Å². The van der Waals surface area contributed by atoms with Crippen LogP contribution in [-0.4, -0.2) is 41.0 Å². The number of rotatable bonds is 6. The Morgan fingerprint density at radius 3 is 2.66 bits per heavy atom. The molecule has 0 spiro atoms. The molecule has 148 valence electrons. The lowest BCUT2D eigenvalue weighted by Gasteiger charge is -2.27. The number of aromatic nitrogens is 2. The molecule has 1 aromatic carbocycles. The van der Waals surface area contributed by atoms with E-state index < -0.39 is 0 Å². The van der Waals surface area contributed by atoms with Crippen molar-refractivity contribution in [2.24, 2.45) is 0 Å². The number of hydrogen-bond acceptors (Lipinski definition) is 5. The van der Waals surface area contributed by atoms with Crippen molar-refractivity contribution in [2.75, 3.05) is 31.5 Å². The number of benzene rings is 1. The van der Waals surface area contributed by atoms with Crippen molar-refractivity contribution in [1.29, 1.82) is 0 Å². The van der Waals surface area contributed by atoms with Crippen molar-refractivity contribution in [1.82, 2.24) is 20.2 Å². The third-order valence-corrected chi connectivity index (χ3v) is 5.66. The number of pyridine rings is 2. The number of hydrogen-bond donors (Lipinski definition) is 2. The second-order valence-electron chi connectivity index (χ2n) is 8.01. The lowest BCUT2D eigenvalue weighted by atomic mass is 10.0. The number of nitrogens with zero attached hydrogens (tertiary/aromatic N) is 3. The Kier molecular flexibility index (Phi) is 5.24. The van der Waals surface area contributed by atoms with Gasteiger partial charge in [0.15, 0.2) is 0 Å². The Bertz CT molecular complexity index is 962. The Hall–Kier alpha value is -2.76. The highest BCUT2D eigenvalue weighted by molar-refractivity contribution is 5.65. The maximum atomic E-state index is 4.92. The van der Waals surface area contributed by atoms with Gasteiger partial charge in [0, 0.05) is 44.5 Å². The van der Waals surface area contributed by atoms with E-state index in [9.17, 15) is 0 Å². The molecular formula is C24H27N5. The molecule has 1 aliphatic heterocycles. The molecule has 0 amide bonds. The maximum Gasteiger partial charge on any atom is 0.132 e. The Morgan fingerprint density at radius 1 is 0.966 bits per heavy atom. The average Bonchev–Trinajstić information content (AvgIpc) is 3.61. The molecule has 2 aromatic heterocycles. The van der Waals surface area contributed by atoms with E-state index in [0.29, 0.717) is 5.92 Å². The predicted octanol–water partition coefficient (Wildman–Crippen LogP) is 4.17. The Balaban J connectivity index is 1.42. The molecule has 5 heteroatoms. The summed E-state index contributed by atoms with van der Waals surface area (Å²) in [4.78, 5) is 11.8. The zero-order valence-electron chi connectivity index (χ0n) is 16.6. The fraction of sp³-hybridized carbons (Fsp3) is 0.333. The molecule has 1 aliphatic carbocycles. The van der Waals surface area contributed by atoms with Gasteiger partial charge in [0.2, 0.25) is 0 Å². The number of nitrogens with one attached hydrogen (secondary N) is 2. The summed E-state index contributed by atoms with van der Waals surface area (Å²) in [7, 11) is 0. The van der Waals surface area contributed by atoms with E-state index in [-0.39, 0.29) is 0 Å². The molecule has 29 heavy (non-hydrogen) atoms. The van der Waals surface area contributed by atoms with Crippen LogP contribution < -0.4 is 10.6 Å². The van der Waals surface area contributed by atoms with Gasteiger partial charge >= 0.3 is 0 Å². The van der Waals surface area contributed by atoms with Crippen LogP contribution in [0.25, 0.3) is 11.3 Å². The molecule has 0 radical (unpaired) electrons. The van der Waals surface area contributed by atoms with Crippen LogP contribution in [0.15, 0.2) is 60.8 Å². The molecule has 5 rings (SSSR count). The average molecular weight is 386 g/mol. The van der Waals surface area contributed by atoms with Crippen LogP contribution in [0.3, 0.4) is 0 Å². The van der Waals surface area contributed by atoms with E-state index >= 15 is 0 Å². The van der Waals surface area contributed by atoms with Crippen LogP contribution in [0.1, 0.15) is 29.9 Å². The van der Waals surface area contributed by atoms with Crippen LogP contribution in [0.5, 0.6) is 0 Å². The first-order chi connectivity index (χ1) is 14.3. The zero-order valence-corrected chi connectivity index (χ0v) is 16.6. The topological polar surface area (TPSA) is 53.1 Å². The largest absolute Gasteiger partial charge is 0.325 e. The van der Waals surface area contributed by atoms with E-state index in [1.807, 2.05) is 18.2 Å². The lowest BCUT2D eigenvalue weighted by Crippen LogP contribution is -2.42. The minimum Gasteiger partial charge on any atom is -0.325 e. The molecule has 0 atom stereocenters. The normalized spacial score (nSPS) is 17.2. The number of piperazine rings is 1. The molecule has 2 aliphatic rings. The van der Waals surface area contributed by atoms with Gasteiger partial charge in [-0.1, -0.05) is 24.3 Å². The molecule has 3 heterocycles. The van der Waals surface area contributed by atoms with Crippen molar-refractivity contribution in [2.45, 2.75) is 25.3 Å². The van der Waals surface area contributed by atoms with Crippen molar-refractivity contribution >= 4 is 11.6 Å². The van der Waals surface area contributed by atoms with Crippen molar-refractivity contribution in [3.63, 3.8) is 0 Å². The van der Waals surface area contributed by atoms with Gasteiger partial charge in [0.05, 0.1) is 5.69 Å². The summed E-state index contributed by atoms with van der Waals surface area (Å²) in [6, 6.07) is 19.2. The molecule has 1 saturated carbocycles. The van der Waals surface area contributed by atoms with E-state index in [1.165, 1.54) is 29.5 Å². The van der Waals surface area contributed by atoms with E-state index in [4.69, 9.17) is 4.98 Å². The first-order valence-corrected chi connectivity index (χ1v) is 10.6. The van der Waals surface area contributed by atoms with Gasteiger partial charge in [0.1, 0.15) is 11.6 Å². The third kappa shape index (κ3) is 4.63. The minimum atomic E-state index is 0.671. The molecular weight excluding hydrogens is 358 g/mol. The zero-order chi connectivity index (χ0) is 19.5. The summed E-state index contributed by atoms with van der Waals surface area (Å²) < 4.78 is 0. The van der Waals surface area contributed by atoms with Crippen molar-refractivity contribution in [3.8, 4) is 11.3 Å². The first-order valence-electron chi connectivity index (χ1n) is 10.6. The van der Waals surface area contributed by atoms with Gasteiger partial charge in [-0.3, -0.25) is 4.90 Å². The minimum absolute atomic E-state index is 0.671. The summed E-state index contributed by atoms with van der Waals surface area (Å²) in [6.45, 7) is 5.37. The van der Waals surface area contributed by atoms with Crippen LogP contribution in [-0.2, 0) is 6.54 Å². The SMILES string of the molecule is c1ccc(Nc2cc(C3CC3)cc(-c3cccc(CN4CCNCC4)c3)n2)nc1. The molecule has 3 aromatic rings. The summed E-state index contributed by atoms with van der Waals surface area (Å²) in [6.07, 6.45) is 4.35. The highest BCUT2D eigenvalue weighted by Crippen LogP contribution is 2.42. The Morgan fingerprint density at radius 2 is 1.86 bits per heavy atom. The van der Waals surface area contributed by atoms with E-state index in [2.05, 4.69) is 56.9 Å². The van der Waals surface area contributed by atoms with Crippen molar-refractivity contribution in [3.05, 3.63) is 71.9 Å². The van der Waals surface area contributed by atoms with Crippen molar-refractivity contribution < 1.29 is 0 Å². The molecule has 1 saturated heterocycles. The summed E-state index contributed by atoms with van der Waals surface area (Å²) in [5.41, 5.74) is 4.95. The summed E-state index contributed by atoms with van der Waals surface area (Å²) in [5, 5.41) is 6.80. The summed E-state index contributed by atoms with van der Waals surface area (Å²) >= 11 is 0.